The summed E-state index contributed by atoms with van der Waals surface area (Å²) in [6.45, 7) is 1.26. The van der Waals surface area contributed by atoms with Gasteiger partial charge in [-0.05, 0) is 24.6 Å². The van der Waals surface area contributed by atoms with Gasteiger partial charge in [-0.3, -0.25) is 4.98 Å². The van der Waals surface area contributed by atoms with Crippen LogP contribution in [-0.4, -0.2) is 28.2 Å². The molecule has 114 valence electrons. The molecule has 1 aliphatic heterocycles. The second kappa shape index (κ2) is 4.67. The first-order valence-corrected chi connectivity index (χ1v) is 6.96. The van der Waals surface area contributed by atoms with Crippen molar-refractivity contribution in [3.05, 3.63) is 35.8 Å². The van der Waals surface area contributed by atoms with Crippen molar-refractivity contribution in [2.24, 2.45) is 0 Å². The normalized spacial score (nSPS) is 19.3. The number of imidazole rings is 1. The van der Waals surface area contributed by atoms with Gasteiger partial charge in [0.2, 0.25) is 0 Å². The fraction of sp³-hybridized carbons (Fsp3) is 0.333. The predicted molar refractivity (Wildman–Crippen MR) is 74.6 cm³/mol. The number of hydrogen-bond donors (Lipinski definition) is 1. The summed E-state index contributed by atoms with van der Waals surface area (Å²) < 4.78 is 44.0. The summed E-state index contributed by atoms with van der Waals surface area (Å²) in [5, 5.41) is 0.435. The quantitative estimate of drug-likeness (QED) is 0.747. The minimum absolute atomic E-state index is 0.160. The van der Waals surface area contributed by atoms with Crippen LogP contribution in [0.5, 0.6) is 0 Å². The zero-order valence-corrected chi connectivity index (χ0v) is 11.4. The number of rotatable bonds is 1. The maximum Gasteiger partial charge on any atom is 0.416 e. The van der Waals surface area contributed by atoms with E-state index in [1.807, 2.05) is 0 Å². The molecule has 1 aliphatic rings. The number of alkyl halides is 3. The molecule has 7 heteroatoms. The maximum absolute atomic E-state index is 12.9. The Morgan fingerprint density at radius 2 is 2.09 bits per heavy atom. The molecule has 3 heterocycles. The Morgan fingerprint density at radius 1 is 1.23 bits per heavy atom. The van der Waals surface area contributed by atoms with Crippen LogP contribution in [0.25, 0.3) is 21.9 Å². The van der Waals surface area contributed by atoms with E-state index >= 15 is 0 Å². The van der Waals surface area contributed by atoms with Crippen molar-refractivity contribution in [2.75, 3.05) is 13.2 Å². The largest absolute Gasteiger partial charge is 0.416 e. The topological polar surface area (TPSA) is 50.8 Å². The molecular formula is C15H12F3N3O. The lowest BCUT2D eigenvalue weighted by Gasteiger charge is -2.07. The van der Waals surface area contributed by atoms with E-state index < -0.39 is 11.7 Å². The van der Waals surface area contributed by atoms with E-state index in [4.69, 9.17) is 4.74 Å². The molecule has 2 aromatic heterocycles. The fourth-order valence-electron chi connectivity index (χ4n) is 2.80. The van der Waals surface area contributed by atoms with Gasteiger partial charge in [-0.15, -0.1) is 0 Å². The first kappa shape index (κ1) is 13.5. The molecule has 0 aliphatic carbocycles. The third kappa shape index (κ3) is 2.12. The highest BCUT2D eigenvalue weighted by Gasteiger charge is 2.31. The number of nitrogens with zero attached hydrogens (tertiary/aromatic N) is 2. The third-order valence-electron chi connectivity index (χ3n) is 3.99. The molecule has 4 rings (SSSR count). The molecule has 1 atom stereocenters. The van der Waals surface area contributed by atoms with Gasteiger partial charge in [0.1, 0.15) is 11.3 Å². The number of nitrogens with one attached hydrogen (secondary N) is 1. The van der Waals surface area contributed by atoms with Gasteiger partial charge < -0.3 is 9.72 Å². The van der Waals surface area contributed by atoms with Gasteiger partial charge in [-0.25, -0.2) is 4.98 Å². The number of benzene rings is 1. The van der Waals surface area contributed by atoms with Crippen molar-refractivity contribution in [1.29, 1.82) is 0 Å². The molecular weight excluding hydrogens is 295 g/mol. The molecule has 4 nitrogen and oxygen atoms in total. The summed E-state index contributed by atoms with van der Waals surface area (Å²) in [6, 6.07) is 3.55. The summed E-state index contributed by atoms with van der Waals surface area (Å²) in [4.78, 5) is 11.8. The number of pyridine rings is 1. The molecule has 1 fully saturated rings. The van der Waals surface area contributed by atoms with Crippen LogP contribution in [0.4, 0.5) is 13.2 Å². The van der Waals surface area contributed by atoms with Gasteiger partial charge >= 0.3 is 6.18 Å². The van der Waals surface area contributed by atoms with E-state index in [2.05, 4.69) is 15.0 Å². The average Bonchev–Trinajstić information content (AvgIpc) is 3.14. The van der Waals surface area contributed by atoms with Crippen molar-refractivity contribution in [1.82, 2.24) is 15.0 Å². The molecule has 0 spiro atoms. The van der Waals surface area contributed by atoms with Crippen molar-refractivity contribution >= 4 is 21.9 Å². The minimum Gasteiger partial charge on any atom is -0.381 e. The van der Waals surface area contributed by atoms with Crippen LogP contribution in [0.2, 0.25) is 0 Å². The molecule has 1 saturated heterocycles. The smallest absolute Gasteiger partial charge is 0.381 e. The van der Waals surface area contributed by atoms with E-state index in [1.165, 1.54) is 6.07 Å². The van der Waals surface area contributed by atoms with Gasteiger partial charge in [-0.2, -0.15) is 13.2 Å². The van der Waals surface area contributed by atoms with E-state index in [9.17, 15) is 13.2 Å². The van der Waals surface area contributed by atoms with Crippen LogP contribution in [0.15, 0.2) is 24.4 Å². The second-order valence-electron chi connectivity index (χ2n) is 5.43. The molecule has 0 bridgehead atoms. The highest BCUT2D eigenvalue weighted by molar-refractivity contribution is 6.02. The summed E-state index contributed by atoms with van der Waals surface area (Å²) in [7, 11) is 0. The fourth-order valence-corrected chi connectivity index (χ4v) is 2.80. The highest BCUT2D eigenvalue weighted by atomic mass is 19.4. The molecule has 0 amide bonds. The van der Waals surface area contributed by atoms with Crippen molar-refractivity contribution in [2.45, 2.75) is 18.5 Å². The number of aromatic nitrogens is 3. The highest BCUT2D eigenvalue weighted by Crippen LogP contribution is 2.33. The SMILES string of the molecule is FC(F)(F)c1ccc2ncc3nc([C@H]4CCOC4)[nH]c3c2c1. The molecule has 1 N–H and O–H groups in total. The lowest BCUT2D eigenvalue weighted by atomic mass is 10.1. The van der Waals surface area contributed by atoms with Gasteiger partial charge in [0.25, 0.3) is 0 Å². The first-order chi connectivity index (χ1) is 10.5. The van der Waals surface area contributed by atoms with E-state index in [0.717, 1.165) is 24.4 Å². The van der Waals surface area contributed by atoms with E-state index in [-0.39, 0.29) is 5.92 Å². The Morgan fingerprint density at radius 3 is 2.82 bits per heavy atom. The Hall–Kier alpha value is -2.15. The van der Waals surface area contributed by atoms with Gasteiger partial charge in [0.05, 0.1) is 29.4 Å². The monoisotopic (exact) mass is 307 g/mol. The summed E-state index contributed by atoms with van der Waals surface area (Å²) in [6.07, 6.45) is -1.93. The van der Waals surface area contributed by atoms with Crippen molar-refractivity contribution in [3.8, 4) is 0 Å². The maximum atomic E-state index is 12.9. The Bertz CT molecular complexity index is 850. The second-order valence-corrected chi connectivity index (χ2v) is 5.43. The van der Waals surface area contributed by atoms with Crippen LogP contribution < -0.4 is 0 Å². The zero-order chi connectivity index (χ0) is 15.3. The summed E-state index contributed by atoms with van der Waals surface area (Å²) >= 11 is 0. The minimum atomic E-state index is -4.38. The number of ether oxygens (including phenoxy) is 1. The average molecular weight is 307 g/mol. The first-order valence-electron chi connectivity index (χ1n) is 6.96. The van der Waals surface area contributed by atoms with E-state index in [0.29, 0.717) is 35.2 Å². The predicted octanol–water partition coefficient (Wildman–Crippen LogP) is 3.63. The molecule has 3 aromatic rings. The third-order valence-corrected chi connectivity index (χ3v) is 3.99. The number of halogens is 3. The Labute approximate surface area is 123 Å². The summed E-state index contributed by atoms with van der Waals surface area (Å²) in [5.74, 6) is 0.910. The lowest BCUT2D eigenvalue weighted by molar-refractivity contribution is -0.137. The van der Waals surface area contributed by atoms with Crippen LogP contribution in [0.3, 0.4) is 0 Å². The van der Waals surface area contributed by atoms with Gasteiger partial charge in [0.15, 0.2) is 0 Å². The molecule has 0 saturated carbocycles. The van der Waals surface area contributed by atoms with Crippen LogP contribution in [0, 0.1) is 0 Å². The standard InChI is InChI=1S/C15H12F3N3O/c16-15(17,18)9-1-2-11-10(5-9)13-12(6-19-11)20-14(21-13)8-3-4-22-7-8/h1-2,5-6,8H,3-4,7H2,(H,20,21)/t8-/m0/s1. The number of hydrogen-bond acceptors (Lipinski definition) is 3. The van der Waals surface area contributed by atoms with E-state index in [1.54, 1.807) is 6.20 Å². The number of H-pyrrole nitrogens is 1. The molecule has 0 unspecified atom stereocenters. The molecule has 22 heavy (non-hydrogen) atoms. The lowest BCUT2D eigenvalue weighted by Crippen LogP contribution is -2.04. The van der Waals surface area contributed by atoms with Crippen LogP contribution in [0.1, 0.15) is 23.7 Å². The molecule has 1 aromatic carbocycles. The Balaban J connectivity index is 1.92. The van der Waals surface area contributed by atoms with Crippen LogP contribution >= 0.6 is 0 Å². The van der Waals surface area contributed by atoms with Gasteiger partial charge in [-0.1, -0.05) is 0 Å². The molecule has 0 radical (unpaired) electrons. The van der Waals surface area contributed by atoms with Gasteiger partial charge in [0, 0.05) is 17.9 Å². The van der Waals surface area contributed by atoms with Crippen molar-refractivity contribution < 1.29 is 17.9 Å². The Kier molecular flexibility index (Phi) is 2.87. The van der Waals surface area contributed by atoms with Crippen molar-refractivity contribution in [3.63, 3.8) is 0 Å². The number of fused-ring (bicyclic) bond motifs is 3. The summed E-state index contributed by atoms with van der Waals surface area (Å²) in [5.41, 5.74) is 1.000. The zero-order valence-electron chi connectivity index (χ0n) is 11.4. The number of aromatic amines is 1. The van der Waals surface area contributed by atoms with Crippen LogP contribution in [-0.2, 0) is 10.9 Å².